The second-order valence-corrected chi connectivity index (χ2v) is 2.49. The standard InChI is InChI=1S/C7H14N2O3/c1-12-4-2-3-5(6(8)10)7(9)11/h5H,2-4H2,1H3,(H2,8,10)(H2,9,11). The maximum Gasteiger partial charge on any atom is 0.229 e. The van der Waals surface area contributed by atoms with Gasteiger partial charge in [0.2, 0.25) is 11.8 Å². The Morgan fingerprint density at radius 1 is 1.33 bits per heavy atom. The van der Waals surface area contributed by atoms with E-state index < -0.39 is 17.7 Å². The Morgan fingerprint density at radius 3 is 2.17 bits per heavy atom. The van der Waals surface area contributed by atoms with Crippen molar-refractivity contribution in [3.05, 3.63) is 0 Å². The van der Waals surface area contributed by atoms with E-state index in [1.54, 1.807) is 7.11 Å². The zero-order valence-electron chi connectivity index (χ0n) is 7.08. The predicted octanol–water partition coefficient (Wildman–Crippen LogP) is -1.00. The van der Waals surface area contributed by atoms with E-state index in [0.29, 0.717) is 19.4 Å². The summed E-state index contributed by atoms with van der Waals surface area (Å²) in [6.07, 6.45) is 0.964. The molecule has 0 aliphatic heterocycles. The monoisotopic (exact) mass is 174 g/mol. The highest BCUT2D eigenvalue weighted by Gasteiger charge is 2.20. The van der Waals surface area contributed by atoms with Gasteiger partial charge < -0.3 is 16.2 Å². The van der Waals surface area contributed by atoms with Gasteiger partial charge in [-0.1, -0.05) is 0 Å². The SMILES string of the molecule is COCCCC(C(N)=O)C(N)=O. The molecular formula is C7H14N2O3. The van der Waals surface area contributed by atoms with E-state index in [-0.39, 0.29) is 0 Å². The number of methoxy groups -OCH3 is 1. The fourth-order valence-corrected chi connectivity index (χ4v) is 0.857. The summed E-state index contributed by atoms with van der Waals surface area (Å²) in [4.78, 5) is 21.2. The normalized spacial score (nSPS) is 10.2. The smallest absolute Gasteiger partial charge is 0.229 e. The Bertz CT molecular complexity index is 156. The van der Waals surface area contributed by atoms with Crippen molar-refractivity contribution in [3.63, 3.8) is 0 Å². The second-order valence-electron chi connectivity index (χ2n) is 2.49. The maximum absolute atomic E-state index is 10.6. The van der Waals surface area contributed by atoms with Crippen molar-refractivity contribution in [1.82, 2.24) is 0 Å². The van der Waals surface area contributed by atoms with E-state index in [2.05, 4.69) is 0 Å². The van der Waals surface area contributed by atoms with Gasteiger partial charge in [-0.2, -0.15) is 0 Å². The largest absolute Gasteiger partial charge is 0.385 e. The molecule has 70 valence electrons. The first kappa shape index (κ1) is 10.9. The number of ether oxygens (including phenoxy) is 1. The van der Waals surface area contributed by atoms with Crippen molar-refractivity contribution in [2.75, 3.05) is 13.7 Å². The minimum absolute atomic E-state index is 0.360. The number of hydrogen-bond acceptors (Lipinski definition) is 3. The van der Waals surface area contributed by atoms with Gasteiger partial charge in [-0.3, -0.25) is 9.59 Å². The third kappa shape index (κ3) is 3.92. The van der Waals surface area contributed by atoms with Crippen LogP contribution in [0.2, 0.25) is 0 Å². The first-order valence-electron chi connectivity index (χ1n) is 3.67. The molecule has 4 N–H and O–H groups in total. The molecule has 0 aromatic rings. The molecule has 0 aliphatic carbocycles. The lowest BCUT2D eigenvalue weighted by atomic mass is 10.0. The highest BCUT2D eigenvalue weighted by Crippen LogP contribution is 2.04. The topological polar surface area (TPSA) is 95.4 Å². The van der Waals surface area contributed by atoms with Gasteiger partial charge in [-0.25, -0.2) is 0 Å². The Balaban J connectivity index is 3.80. The molecule has 0 radical (unpaired) electrons. The molecule has 5 nitrogen and oxygen atoms in total. The molecule has 2 amide bonds. The van der Waals surface area contributed by atoms with Gasteiger partial charge in [0.25, 0.3) is 0 Å². The number of nitrogens with two attached hydrogens (primary N) is 2. The Hall–Kier alpha value is -1.10. The molecule has 0 saturated heterocycles. The van der Waals surface area contributed by atoms with Crippen LogP contribution < -0.4 is 11.5 Å². The van der Waals surface area contributed by atoms with Crippen LogP contribution in [0, 0.1) is 5.92 Å². The van der Waals surface area contributed by atoms with Crippen LogP contribution in [0.1, 0.15) is 12.8 Å². The maximum atomic E-state index is 10.6. The fourth-order valence-electron chi connectivity index (χ4n) is 0.857. The van der Waals surface area contributed by atoms with Crippen LogP contribution in [0.15, 0.2) is 0 Å². The van der Waals surface area contributed by atoms with Gasteiger partial charge in [0, 0.05) is 13.7 Å². The van der Waals surface area contributed by atoms with E-state index in [1.165, 1.54) is 0 Å². The van der Waals surface area contributed by atoms with Crippen molar-refractivity contribution in [2.45, 2.75) is 12.8 Å². The number of rotatable bonds is 6. The number of carbonyl (C=O) groups is 2. The van der Waals surface area contributed by atoms with E-state index >= 15 is 0 Å². The highest BCUT2D eigenvalue weighted by atomic mass is 16.5. The van der Waals surface area contributed by atoms with Crippen molar-refractivity contribution >= 4 is 11.8 Å². The summed E-state index contributed by atoms with van der Waals surface area (Å²) in [5.74, 6) is -2.20. The van der Waals surface area contributed by atoms with Crippen molar-refractivity contribution in [2.24, 2.45) is 17.4 Å². The van der Waals surface area contributed by atoms with E-state index in [1.807, 2.05) is 0 Å². The molecule has 5 heteroatoms. The minimum atomic E-state index is -0.861. The van der Waals surface area contributed by atoms with Crippen LogP contribution >= 0.6 is 0 Å². The molecule has 0 atom stereocenters. The Kier molecular flexibility index (Phi) is 5.03. The summed E-state index contributed by atoms with van der Waals surface area (Å²) in [6, 6.07) is 0. The summed E-state index contributed by atoms with van der Waals surface area (Å²) >= 11 is 0. The minimum Gasteiger partial charge on any atom is -0.385 e. The van der Waals surface area contributed by atoms with Crippen molar-refractivity contribution in [1.29, 1.82) is 0 Å². The fraction of sp³-hybridized carbons (Fsp3) is 0.714. The molecule has 0 heterocycles. The molecule has 0 aromatic heterocycles. The molecule has 0 bridgehead atoms. The molecule has 0 aliphatic rings. The second kappa shape index (κ2) is 5.54. The Morgan fingerprint density at radius 2 is 1.83 bits per heavy atom. The third-order valence-corrected chi connectivity index (χ3v) is 1.53. The van der Waals surface area contributed by atoms with E-state index in [4.69, 9.17) is 16.2 Å². The molecule has 0 rings (SSSR count). The number of amides is 2. The van der Waals surface area contributed by atoms with Gasteiger partial charge in [-0.15, -0.1) is 0 Å². The highest BCUT2D eigenvalue weighted by molar-refractivity contribution is 5.98. The van der Waals surface area contributed by atoms with Crippen LogP contribution in [0.25, 0.3) is 0 Å². The lowest BCUT2D eigenvalue weighted by molar-refractivity contribution is -0.131. The number of carbonyl (C=O) groups excluding carboxylic acids is 2. The predicted molar refractivity (Wildman–Crippen MR) is 43.0 cm³/mol. The van der Waals surface area contributed by atoms with Crippen LogP contribution in [-0.2, 0) is 14.3 Å². The van der Waals surface area contributed by atoms with Crippen molar-refractivity contribution < 1.29 is 14.3 Å². The zero-order chi connectivity index (χ0) is 9.56. The number of primary amides is 2. The molecule has 0 aromatic carbocycles. The summed E-state index contributed by atoms with van der Waals surface area (Å²) in [6.45, 7) is 0.497. The van der Waals surface area contributed by atoms with Gasteiger partial charge in [0.1, 0.15) is 5.92 Å². The summed E-state index contributed by atoms with van der Waals surface area (Å²) in [5, 5.41) is 0. The molecule has 12 heavy (non-hydrogen) atoms. The van der Waals surface area contributed by atoms with Gasteiger partial charge >= 0.3 is 0 Å². The van der Waals surface area contributed by atoms with E-state index in [9.17, 15) is 9.59 Å². The zero-order valence-corrected chi connectivity index (χ0v) is 7.08. The lowest BCUT2D eigenvalue weighted by Gasteiger charge is -2.07. The van der Waals surface area contributed by atoms with Crippen LogP contribution in [0.4, 0.5) is 0 Å². The summed E-state index contributed by atoms with van der Waals surface area (Å²) in [7, 11) is 1.55. The summed E-state index contributed by atoms with van der Waals surface area (Å²) in [5.41, 5.74) is 9.88. The summed E-state index contributed by atoms with van der Waals surface area (Å²) < 4.78 is 4.75. The van der Waals surface area contributed by atoms with Gasteiger partial charge in [0.05, 0.1) is 0 Å². The van der Waals surface area contributed by atoms with Gasteiger partial charge in [0.15, 0.2) is 0 Å². The molecular weight excluding hydrogens is 160 g/mol. The van der Waals surface area contributed by atoms with Crippen LogP contribution in [-0.4, -0.2) is 25.5 Å². The molecule has 0 saturated carbocycles. The van der Waals surface area contributed by atoms with Crippen molar-refractivity contribution in [3.8, 4) is 0 Å². The van der Waals surface area contributed by atoms with E-state index in [0.717, 1.165) is 0 Å². The molecule has 0 spiro atoms. The number of hydrogen-bond donors (Lipinski definition) is 2. The van der Waals surface area contributed by atoms with Crippen LogP contribution in [0.5, 0.6) is 0 Å². The first-order valence-corrected chi connectivity index (χ1v) is 3.67. The van der Waals surface area contributed by atoms with Gasteiger partial charge in [-0.05, 0) is 12.8 Å². The molecule has 0 fully saturated rings. The third-order valence-electron chi connectivity index (χ3n) is 1.53. The van der Waals surface area contributed by atoms with Crippen LogP contribution in [0.3, 0.4) is 0 Å². The average Bonchev–Trinajstić information content (AvgIpc) is 1.96. The Labute approximate surface area is 71.0 Å². The first-order chi connectivity index (χ1) is 5.59. The quantitative estimate of drug-likeness (QED) is 0.399. The lowest BCUT2D eigenvalue weighted by Crippen LogP contribution is -2.35. The average molecular weight is 174 g/mol. The molecule has 0 unspecified atom stereocenters.